The summed E-state index contributed by atoms with van der Waals surface area (Å²) in [5.74, 6) is -0.204. The molecule has 2 N–H and O–H groups in total. The summed E-state index contributed by atoms with van der Waals surface area (Å²) in [6.07, 6.45) is 3.38. The van der Waals surface area contributed by atoms with E-state index < -0.39 is 0 Å². The topological polar surface area (TPSA) is 71.1 Å². The molecule has 0 aliphatic carbocycles. The Bertz CT molecular complexity index is 719. The Labute approximate surface area is 132 Å². The van der Waals surface area contributed by atoms with Gasteiger partial charge in [-0.05, 0) is 42.8 Å². The first-order chi connectivity index (χ1) is 10.6. The molecular formula is C16H15N3O2S. The molecule has 1 aromatic heterocycles. The Kier molecular flexibility index (Phi) is 4.11. The minimum absolute atomic E-state index is 0.0353. The van der Waals surface area contributed by atoms with Crippen LogP contribution in [0.3, 0.4) is 0 Å². The van der Waals surface area contributed by atoms with Gasteiger partial charge in [0.05, 0.1) is 10.9 Å². The summed E-state index contributed by atoms with van der Waals surface area (Å²) in [7, 11) is 0. The highest BCUT2D eigenvalue weighted by Gasteiger charge is 2.23. The van der Waals surface area contributed by atoms with E-state index in [1.807, 2.05) is 25.1 Å². The van der Waals surface area contributed by atoms with Gasteiger partial charge in [0.1, 0.15) is 0 Å². The predicted molar refractivity (Wildman–Crippen MR) is 85.8 cm³/mol. The highest BCUT2D eigenvalue weighted by Crippen LogP contribution is 2.35. The number of pyridine rings is 1. The first-order valence-electron chi connectivity index (χ1n) is 6.92. The molecule has 22 heavy (non-hydrogen) atoms. The standard InChI is InChI=1S/C16H15N3O2S/c1-10-15(20)19-13-8-12(2-3-14(13)22-10)16(21)18-9-11-4-6-17-7-5-11/h2-8,10H,9H2,1H3,(H,18,21)(H,19,20). The summed E-state index contributed by atoms with van der Waals surface area (Å²) in [6, 6.07) is 9.07. The molecule has 1 atom stereocenters. The Balaban J connectivity index is 1.71. The minimum atomic E-state index is -0.169. The lowest BCUT2D eigenvalue weighted by Crippen LogP contribution is -2.27. The number of hydrogen-bond acceptors (Lipinski definition) is 4. The minimum Gasteiger partial charge on any atom is -0.348 e. The highest BCUT2D eigenvalue weighted by molar-refractivity contribution is 8.00. The Morgan fingerprint density at radius 2 is 2.09 bits per heavy atom. The second-order valence-electron chi connectivity index (χ2n) is 5.00. The normalized spacial score (nSPS) is 16.6. The van der Waals surface area contributed by atoms with Crippen LogP contribution in [-0.2, 0) is 11.3 Å². The Hall–Kier alpha value is -2.34. The van der Waals surface area contributed by atoms with Gasteiger partial charge in [0, 0.05) is 29.4 Å². The van der Waals surface area contributed by atoms with Crippen LogP contribution >= 0.6 is 11.8 Å². The molecule has 3 rings (SSSR count). The molecule has 5 nitrogen and oxygen atoms in total. The van der Waals surface area contributed by atoms with Crippen molar-refractivity contribution >= 4 is 29.3 Å². The van der Waals surface area contributed by atoms with E-state index >= 15 is 0 Å². The molecule has 0 saturated heterocycles. The van der Waals surface area contributed by atoms with E-state index in [0.717, 1.165) is 10.5 Å². The number of rotatable bonds is 3. The van der Waals surface area contributed by atoms with Gasteiger partial charge in [-0.1, -0.05) is 0 Å². The molecule has 6 heteroatoms. The fourth-order valence-electron chi connectivity index (χ4n) is 2.14. The van der Waals surface area contributed by atoms with Gasteiger partial charge in [-0.25, -0.2) is 0 Å². The van der Waals surface area contributed by atoms with E-state index in [1.54, 1.807) is 24.5 Å². The number of carbonyl (C=O) groups is 2. The number of thioether (sulfide) groups is 1. The first-order valence-corrected chi connectivity index (χ1v) is 7.80. The van der Waals surface area contributed by atoms with Crippen molar-refractivity contribution in [2.75, 3.05) is 5.32 Å². The molecule has 0 bridgehead atoms. The number of aromatic nitrogens is 1. The summed E-state index contributed by atoms with van der Waals surface area (Å²) in [5.41, 5.74) is 2.21. The van der Waals surface area contributed by atoms with Crippen LogP contribution in [0, 0.1) is 0 Å². The number of nitrogens with zero attached hydrogens (tertiary/aromatic N) is 1. The zero-order chi connectivity index (χ0) is 15.5. The van der Waals surface area contributed by atoms with E-state index in [4.69, 9.17) is 0 Å². The van der Waals surface area contributed by atoms with E-state index in [-0.39, 0.29) is 17.1 Å². The van der Waals surface area contributed by atoms with Crippen molar-refractivity contribution in [3.05, 3.63) is 53.9 Å². The fraction of sp³-hybridized carbons (Fsp3) is 0.188. The average Bonchev–Trinajstić information content (AvgIpc) is 2.54. The number of fused-ring (bicyclic) bond motifs is 1. The van der Waals surface area contributed by atoms with Crippen molar-refractivity contribution in [1.29, 1.82) is 0 Å². The van der Waals surface area contributed by atoms with Crippen molar-refractivity contribution in [2.24, 2.45) is 0 Å². The van der Waals surface area contributed by atoms with E-state index in [9.17, 15) is 9.59 Å². The van der Waals surface area contributed by atoms with Gasteiger partial charge < -0.3 is 10.6 Å². The lowest BCUT2D eigenvalue weighted by molar-refractivity contribution is -0.115. The second kappa shape index (κ2) is 6.19. The van der Waals surface area contributed by atoms with Gasteiger partial charge in [-0.15, -0.1) is 11.8 Å². The maximum Gasteiger partial charge on any atom is 0.251 e. The van der Waals surface area contributed by atoms with Crippen LogP contribution in [0.1, 0.15) is 22.8 Å². The molecule has 1 aliphatic rings. The number of benzene rings is 1. The lowest BCUT2D eigenvalue weighted by Gasteiger charge is -2.21. The van der Waals surface area contributed by atoms with Gasteiger partial charge in [0.25, 0.3) is 5.91 Å². The van der Waals surface area contributed by atoms with Crippen molar-refractivity contribution in [3.8, 4) is 0 Å². The van der Waals surface area contributed by atoms with Crippen molar-refractivity contribution < 1.29 is 9.59 Å². The van der Waals surface area contributed by atoms with Crippen LogP contribution < -0.4 is 10.6 Å². The number of hydrogen-bond donors (Lipinski definition) is 2. The zero-order valence-electron chi connectivity index (χ0n) is 12.0. The maximum absolute atomic E-state index is 12.2. The summed E-state index contributed by atoms with van der Waals surface area (Å²) in [5, 5.41) is 5.57. The summed E-state index contributed by atoms with van der Waals surface area (Å²) >= 11 is 1.50. The molecule has 1 aliphatic heterocycles. The summed E-state index contributed by atoms with van der Waals surface area (Å²) < 4.78 is 0. The molecule has 2 aromatic rings. The summed E-state index contributed by atoms with van der Waals surface area (Å²) in [4.78, 5) is 28.8. The molecule has 1 unspecified atom stereocenters. The van der Waals surface area contributed by atoms with Crippen LogP contribution in [0.2, 0.25) is 0 Å². The van der Waals surface area contributed by atoms with Crippen LogP contribution in [0.25, 0.3) is 0 Å². The van der Waals surface area contributed by atoms with Gasteiger partial charge in [0.2, 0.25) is 5.91 Å². The Morgan fingerprint density at radius 1 is 1.32 bits per heavy atom. The number of anilines is 1. The zero-order valence-corrected chi connectivity index (χ0v) is 12.8. The highest BCUT2D eigenvalue weighted by atomic mass is 32.2. The largest absolute Gasteiger partial charge is 0.348 e. The third kappa shape index (κ3) is 3.12. The van der Waals surface area contributed by atoms with Crippen molar-refractivity contribution in [1.82, 2.24) is 10.3 Å². The molecule has 0 saturated carbocycles. The van der Waals surface area contributed by atoms with E-state index in [2.05, 4.69) is 15.6 Å². The predicted octanol–water partition coefficient (Wildman–Crippen LogP) is 2.44. The first kappa shape index (κ1) is 14.6. The monoisotopic (exact) mass is 313 g/mol. The SMILES string of the molecule is CC1Sc2ccc(C(=O)NCc3ccncc3)cc2NC1=O. The smallest absolute Gasteiger partial charge is 0.251 e. The third-order valence-electron chi connectivity index (χ3n) is 3.38. The molecule has 0 spiro atoms. The van der Waals surface area contributed by atoms with Crippen LogP contribution in [0.4, 0.5) is 5.69 Å². The van der Waals surface area contributed by atoms with Crippen molar-refractivity contribution in [2.45, 2.75) is 23.6 Å². The molecule has 0 fully saturated rings. The quantitative estimate of drug-likeness (QED) is 0.913. The van der Waals surface area contributed by atoms with Gasteiger partial charge in [-0.3, -0.25) is 14.6 Å². The van der Waals surface area contributed by atoms with Crippen molar-refractivity contribution in [3.63, 3.8) is 0 Å². The molecule has 0 radical (unpaired) electrons. The van der Waals surface area contributed by atoms with Crippen LogP contribution in [-0.4, -0.2) is 22.0 Å². The number of amides is 2. The molecule has 1 aromatic carbocycles. The van der Waals surface area contributed by atoms with Crippen LogP contribution in [0.5, 0.6) is 0 Å². The molecule has 112 valence electrons. The molecular weight excluding hydrogens is 298 g/mol. The third-order valence-corrected chi connectivity index (χ3v) is 4.55. The molecule has 2 amide bonds. The average molecular weight is 313 g/mol. The Morgan fingerprint density at radius 3 is 2.86 bits per heavy atom. The number of nitrogens with one attached hydrogen (secondary N) is 2. The number of carbonyl (C=O) groups excluding carboxylic acids is 2. The van der Waals surface area contributed by atoms with Gasteiger partial charge in [0.15, 0.2) is 0 Å². The van der Waals surface area contributed by atoms with Gasteiger partial charge in [-0.2, -0.15) is 0 Å². The summed E-state index contributed by atoms with van der Waals surface area (Å²) in [6.45, 7) is 2.30. The van der Waals surface area contributed by atoms with E-state index in [1.165, 1.54) is 11.8 Å². The van der Waals surface area contributed by atoms with E-state index in [0.29, 0.717) is 17.8 Å². The maximum atomic E-state index is 12.2. The molecule has 2 heterocycles. The van der Waals surface area contributed by atoms with Gasteiger partial charge >= 0.3 is 0 Å². The fourth-order valence-corrected chi connectivity index (χ4v) is 3.07. The van der Waals surface area contributed by atoms with Crippen LogP contribution in [0.15, 0.2) is 47.6 Å². The second-order valence-corrected chi connectivity index (χ2v) is 6.38. The lowest BCUT2D eigenvalue weighted by atomic mass is 10.1.